The van der Waals surface area contributed by atoms with Gasteiger partial charge in [-0.1, -0.05) is 12.1 Å². The molecular formula is C13H13FN4O. The van der Waals surface area contributed by atoms with Crippen molar-refractivity contribution in [2.45, 2.75) is 6.92 Å². The van der Waals surface area contributed by atoms with Crippen molar-refractivity contribution < 1.29 is 9.18 Å². The van der Waals surface area contributed by atoms with Crippen LogP contribution >= 0.6 is 0 Å². The van der Waals surface area contributed by atoms with Crippen LogP contribution < -0.4 is 16.6 Å². The third-order valence-corrected chi connectivity index (χ3v) is 2.56. The highest BCUT2D eigenvalue weighted by Crippen LogP contribution is 2.19. The largest absolute Gasteiger partial charge is 0.321 e. The molecule has 0 fully saturated rings. The van der Waals surface area contributed by atoms with Crippen LogP contribution in [-0.4, -0.2) is 10.9 Å². The summed E-state index contributed by atoms with van der Waals surface area (Å²) in [4.78, 5) is 16.1. The van der Waals surface area contributed by atoms with Crippen LogP contribution in [0.5, 0.6) is 0 Å². The van der Waals surface area contributed by atoms with Gasteiger partial charge in [0.25, 0.3) is 5.91 Å². The molecule has 5 nitrogen and oxygen atoms in total. The molecule has 0 aliphatic carbocycles. The molecule has 1 aromatic heterocycles. The smallest absolute Gasteiger partial charge is 0.259 e. The van der Waals surface area contributed by atoms with Gasteiger partial charge in [-0.3, -0.25) is 10.6 Å². The van der Waals surface area contributed by atoms with E-state index in [1.807, 2.05) is 13.0 Å². The Balaban J connectivity index is 2.25. The van der Waals surface area contributed by atoms with E-state index in [1.165, 1.54) is 18.2 Å². The minimum atomic E-state index is -0.591. The van der Waals surface area contributed by atoms with Crippen molar-refractivity contribution in [3.05, 3.63) is 53.5 Å². The van der Waals surface area contributed by atoms with Gasteiger partial charge in [0.1, 0.15) is 11.6 Å². The Bertz CT molecular complexity index is 598. The molecule has 0 saturated heterocycles. The highest BCUT2D eigenvalue weighted by Gasteiger charge is 2.14. The quantitative estimate of drug-likeness (QED) is 0.583. The lowest BCUT2D eigenvalue weighted by Crippen LogP contribution is -2.18. The zero-order valence-corrected chi connectivity index (χ0v) is 10.3. The number of nitrogens with two attached hydrogens (primary N) is 1. The topological polar surface area (TPSA) is 80.0 Å². The van der Waals surface area contributed by atoms with Crippen LogP contribution in [0.2, 0.25) is 0 Å². The van der Waals surface area contributed by atoms with Gasteiger partial charge in [-0.05, 0) is 30.7 Å². The number of para-hydroxylation sites is 1. The first-order valence-electron chi connectivity index (χ1n) is 5.61. The molecule has 0 atom stereocenters. The van der Waals surface area contributed by atoms with Crippen molar-refractivity contribution >= 4 is 17.4 Å². The van der Waals surface area contributed by atoms with E-state index >= 15 is 0 Å². The van der Waals surface area contributed by atoms with Crippen LogP contribution in [0.25, 0.3) is 0 Å². The fraction of sp³-hybridized carbons (Fsp3) is 0.0769. The van der Waals surface area contributed by atoms with E-state index in [-0.39, 0.29) is 11.3 Å². The van der Waals surface area contributed by atoms with E-state index in [0.717, 1.165) is 5.56 Å². The molecule has 0 saturated carbocycles. The summed E-state index contributed by atoms with van der Waals surface area (Å²) in [7, 11) is 0. The summed E-state index contributed by atoms with van der Waals surface area (Å²) < 4.78 is 13.5. The van der Waals surface area contributed by atoms with Crippen LogP contribution in [0.15, 0.2) is 36.5 Å². The van der Waals surface area contributed by atoms with Gasteiger partial charge in [0.15, 0.2) is 0 Å². The van der Waals surface area contributed by atoms with Crippen molar-refractivity contribution in [3.63, 3.8) is 0 Å². The van der Waals surface area contributed by atoms with Crippen LogP contribution in [-0.2, 0) is 0 Å². The number of nitrogen functional groups attached to an aromatic ring is 1. The van der Waals surface area contributed by atoms with E-state index in [4.69, 9.17) is 5.84 Å². The summed E-state index contributed by atoms with van der Waals surface area (Å²) in [5.41, 5.74) is 3.23. The number of aryl methyl sites for hydroxylation is 1. The van der Waals surface area contributed by atoms with E-state index in [0.29, 0.717) is 5.82 Å². The number of nitrogens with zero attached hydrogens (tertiary/aromatic N) is 1. The number of pyridine rings is 1. The molecule has 0 bridgehead atoms. The molecule has 0 aliphatic rings. The van der Waals surface area contributed by atoms with Gasteiger partial charge in [0.2, 0.25) is 0 Å². The predicted octanol–water partition coefficient (Wildman–Crippen LogP) is 2.07. The van der Waals surface area contributed by atoms with E-state index in [9.17, 15) is 9.18 Å². The second-order valence-corrected chi connectivity index (χ2v) is 3.98. The standard InChI is InChI=1S/C13H13FN4O/c1-8-5-6-11(16-7-8)17-13(19)9-3-2-4-10(14)12(9)18-15/h2-7,18H,15H2,1H3,(H,16,17,19). The van der Waals surface area contributed by atoms with Gasteiger partial charge in [-0.25, -0.2) is 9.37 Å². The van der Waals surface area contributed by atoms with Crippen LogP contribution in [0.4, 0.5) is 15.9 Å². The maximum Gasteiger partial charge on any atom is 0.259 e. The van der Waals surface area contributed by atoms with Crippen molar-refractivity contribution in [3.8, 4) is 0 Å². The summed E-state index contributed by atoms with van der Waals surface area (Å²) in [5.74, 6) is 4.54. The fourth-order valence-electron chi connectivity index (χ4n) is 1.59. The van der Waals surface area contributed by atoms with Crippen molar-refractivity contribution in [2.24, 2.45) is 5.84 Å². The average Bonchev–Trinajstić information content (AvgIpc) is 2.41. The Kier molecular flexibility index (Phi) is 3.72. The molecule has 98 valence electrons. The SMILES string of the molecule is Cc1ccc(NC(=O)c2cccc(F)c2NN)nc1. The molecule has 6 heteroatoms. The van der Waals surface area contributed by atoms with Crippen LogP contribution in [0.1, 0.15) is 15.9 Å². The number of rotatable bonds is 3. The highest BCUT2D eigenvalue weighted by atomic mass is 19.1. The summed E-state index contributed by atoms with van der Waals surface area (Å²) >= 11 is 0. The summed E-state index contributed by atoms with van der Waals surface area (Å²) in [6.07, 6.45) is 1.63. The summed E-state index contributed by atoms with van der Waals surface area (Å²) in [6.45, 7) is 1.89. The zero-order chi connectivity index (χ0) is 13.8. The number of amides is 1. The second-order valence-electron chi connectivity index (χ2n) is 3.98. The normalized spacial score (nSPS) is 10.1. The maximum atomic E-state index is 13.5. The first kappa shape index (κ1) is 13.0. The second kappa shape index (κ2) is 5.45. The number of aromatic nitrogens is 1. The first-order valence-corrected chi connectivity index (χ1v) is 5.61. The number of hydrazine groups is 1. The molecule has 0 aliphatic heterocycles. The number of anilines is 2. The molecule has 1 aromatic carbocycles. The van der Waals surface area contributed by atoms with Crippen LogP contribution in [0.3, 0.4) is 0 Å². The highest BCUT2D eigenvalue weighted by molar-refractivity contribution is 6.07. The Labute approximate surface area is 109 Å². The molecule has 1 amide bonds. The fourth-order valence-corrected chi connectivity index (χ4v) is 1.59. The van der Waals surface area contributed by atoms with Crippen molar-refractivity contribution in [1.82, 2.24) is 4.98 Å². The lowest BCUT2D eigenvalue weighted by atomic mass is 10.1. The van der Waals surface area contributed by atoms with Gasteiger partial charge in [0, 0.05) is 6.20 Å². The molecule has 0 radical (unpaired) electrons. The minimum absolute atomic E-state index is 0.0490. The lowest BCUT2D eigenvalue weighted by Gasteiger charge is -2.10. The maximum absolute atomic E-state index is 13.5. The number of benzene rings is 1. The molecule has 4 N–H and O–H groups in total. The zero-order valence-electron chi connectivity index (χ0n) is 10.3. The van der Waals surface area contributed by atoms with Gasteiger partial charge in [-0.2, -0.15) is 0 Å². The van der Waals surface area contributed by atoms with Gasteiger partial charge >= 0.3 is 0 Å². The predicted molar refractivity (Wildman–Crippen MR) is 71.1 cm³/mol. The summed E-state index contributed by atoms with van der Waals surface area (Å²) in [5, 5.41) is 2.58. The summed E-state index contributed by atoms with van der Waals surface area (Å²) in [6, 6.07) is 7.61. The molecular weight excluding hydrogens is 247 g/mol. The Hall–Kier alpha value is -2.47. The molecule has 1 heterocycles. The first-order chi connectivity index (χ1) is 9.11. The van der Waals surface area contributed by atoms with Crippen molar-refractivity contribution in [2.75, 3.05) is 10.7 Å². The van der Waals surface area contributed by atoms with Crippen molar-refractivity contribution in [1.29, 1.82) is 0 Å². The van der Waals surface area contributed by atoms with E-state index in [1.54, 1.807) is 12.3 Å². The molecule has 2 aromatic rings. The number of hydrogen-bond donors (Lipinski definition) is 3. The lowest BCUT2D eigenvalue weighted by molar-refractivity contribution is 0.102. The van der Waals surface area contributed by atoms with Gasteiger partial charge in [-0.15, -0.1) is 0 Å². The van der Waals surface area contributed by atoms with Crippen LogP contribution in [0, 0.1) is 12.7 Å². The third kappa shape index (κ3) is 2.86. The third-order valence-electron chi connectivity index (χ3n) is 2.56. The number of carbonyl (C=O) groups is 1. The number of nitrogens with one attached hydrogen (secondary N) is 2. The number of carbonyl (C=O) groups excluding carboxylic acids is 1. The van der Waals surface area contributed by atoms with Gasteiger partial charge < -0.3 is 10.7 Å². The molecule has 0 unspecified atom stereocenters. The molecule has 2 rings (SSSR count). The van der Waals surface area contributed by atoms with Gasteiger partial charge in [0.05, 0.1) is 11.3 Å². The Morgan fingerprint density at radius 1 is 1.32 bits per heavy atom. The number of hydrogen-bond acceptors (Lipinski definition) is 4. The monoisotopic (exact) mass is 260 g/mol. The average molecular weight is 260 g/mol. The Morgan fingerprint density at radius 2 is 2.11 bits per heavy atom. The molecule has 0 spiro atoms. The molecule has 19 heavy (non-hydrogen) atoms. The van der Waals surface area contributed by atoms with E-state index < -0.39 is 11.7 Å². The Morgan fingerprint density at radius 3 is 2.74 bits per heavy atom. The minimum Gasteiger partial charge on any atom is -0.321 e. The van der Waals surface area contributed by atoms with E-state index in [2.05, 4.69) is 15.7 Å². The number of halogens is 1.